The predicted octanol–water partition coefficient (Wildman–Crippen LogP) is 2.11. The smallest absolute Gasteiger partial charge is 0.328 e. The molecule has 1 aliphatic heterocycles. The maximum Gasteiger partial charge on any atom is 0.328 e. The Morgan fingerprint density at radius 1 is 1.61 bits per heavy atom. The lowest BCUT2D eigenvalue weighted by molar-refractivity contribution is -0.152. The van der Waals surface area contributed by atoms with Crippen LogP contribution in [0.15, 0.2) is 24.5 Å². The first-order valence-corrected chi connectivity index (χ1v) is 6.44. The van der Waals surface area contributed by atoms with Gasteiger partial charge in [-0.1, -0.05) is 13.0 Å². The van der Waals surface area contributed by atoms with Crippen molar-refractivity contribution >= 4 is 5.97 Å². The maximum atomic E-state index is 11.8. The van der Waals surface area contributed by atoms with E-state index in [0.717, 1.165) is 25.1 Å². The van der Waals surface area contributed by atoms with E-state index >= 15 is 0 Å². The van der Waals surface area contributed by atoms with E-state index in [-0.39, 0.29) is 0 Å². The third-order valence-electron chi connectivity index (χ3n) is 3.93. The molecule has 1 saturated heterocycles. The molecule has 4 heteroatoms. The summed E-state index contributed by atoms with van der Waals surface area (Å²) in [5.41, 5.74) is -0.213. The van der Waals surface area contributed by atoms with Crippen molar-refractivity contribution < 1.29 is 9.90 Å². The first kappa shape index (κ1) is 13.0. The molecule has 98 valence electrons. The molecule has 2 heterocycles. The van der Waals surface area contributed by atoms with Crippen molar-refractivity contribution in [2.45, 2.75) is 32.2 Å². The molecule has 0 radical (unpaired) electrons. The number of pyridine rings is 1. The average Bonchev–Trinajstić information content (AvgIpc) is 2.38. The van der Waals surface area contributed by atoms with Crippen molar-refractivity contribution in [3.8, 4) is 0 Å². The number of hydrogen-bond acceptors (Lipinski definition) is 3. The van der Waals surface area contributed by atoms with Crippen molar-refractivity contribution in [1.82, 2.24) is 9.88 Å². The second-order valence-corrected chi connectivity index (χ2v) is 5.31. The van der Waals surface area contributed by atoms with Crippen LogP contribution >= 0.6 is 0 Å². The lowest BCUT2D eigenvalue weighted by Crippen LogP contribution is -2.53. The fourth-order valence-corrected chi connectivity index (χ4v) is 2.69. The van der Waals surface area contributed by atoms with Gasteiger partial charge in [-0.2, -0.15) is 0 Å². The highest BCUT2D eigenvalue weighted by Gasteiger charge is 2.42. The average molecular weight is 248 g/mol. The van der Waals surface area contributed by atoms with Crippen molar-refractivity contribution in [3.05, 3.63) is 30.1 Å². The fourth-order valence-electron chi connectivity index (χ4n) is 2.69. The van der Waals surface area contributed by atoms with Gasteiger partial charge in [0, 0.05) is 24.5 Å². The first-order valence-electron chi connectivity index (χ1n) is 6.44. The van der Waals surface area contributed by atoms with Crippen LogP contribution in [0.1, 0.15) is 32.3 Å². The largest absolute Gasteiger partial charge is 0.480 e. The Balaban J connectivity index is 2.35. The zero-order chi connectivity index (χ0) is 13.2. The summed E-state index contributed by atoms with van der Waals surface area (Å²) in [6.45, 7) is 5.63. The van der Waals surface area contributed by atoms with Crippen LogP contribution in [0, 0.1) is 5.92 Å². The number of hydrogen-bond donors (Lipinski definition) is 1. The van der Waals surface area contributed by atoms with Gasteiger partial charge < -0.3 is 5.11 Å². The molecule has 2 rings (SSSR count). The van der Waals surface area contributed by atoms with Gasteiger partial charge in [-0.3, -0.25) is 9.88 Å². The van der Waals surface area contributed by atoms with E-state index in [1.165, 1.54) is 6.42 Å². The van der Waals surface area contributed by atoms with Crippen LogP contribution in [0.4, 0.5) is 0 Å². The molecule has 1 fully saturated rings. The van der Waals surface area contributed by atoms with E-state index in [1.807, 2.05) is 6.07 Å². The molecule has 0 saturated carbocycles. The number of rotatable bonds is 3. The van der Waals surface area contributed by atoms with E-state index in [2.05, 4.69) is 16.8 Å². The molecule has 1 N–H and O–H groups in total. The number of nitrogens with zero attached hydrogens (tertiary/aromatic N) is 2. The summed E-state index contributed by atoms with van der Waals surface area (Å²) in [7, 11) is 0. The molecule has 4 nitrogen and oxygen atoms in total. The molecule has 1 aliphatic rings. The number of piperidine rings is 1. The highest BCUT2D eigenvalue weighted by atomic mass is 16.4. The molecule has 2 unspecified atom stereocenters. The third kappa shape index (κ3) is 2.25. The van der Waals surface area contributed by atoms with Crippen molar-refractivity contribution in [2.75, 3.05) is 13.1 Å². The zero-order valence-corrected chi connectivity index (χ0v) is 11.0. The number of carbonyl (C=O) groups is 1. The number of aliphatic carboxylic acids is 1. The molecule has 0 aromatic carbocycles. The molecular formula is C14H20N2O2. The number of carboxylic acid groups (broad SMARTS) is 1. The molecule has 1 aromatic heterocycles. The Bertz CT molecular complexity index is 421. The van der Waals surface area contributed by atoms with Gasteiger partial charge in [-0.05, 0) is 38.3 Å². The number of likely N-dealkylation sites (tertiary alicyclic amines) is 1. The van der Waals surface area contributed by atoms with E-state index in [9.17, 15) is 9.90 Å². The Kier molecular flexibility index (Phi) is 3.66. The standard InChI is InChI=1S/C14H20N2O2/c1-11-5-4-8-16(10-11)14(2,13(17)18)12-6-3-7-15-9-12/h3,6-7,9,11H,4-5,8,10H2,1-2H3,(H,17,18). The zero-order valence-electron chi connectivity index (χ0n) is 11.0. The normalized spacial score (nSPS) is 24.4. The molecule has 0 amide bonds. The van der Waals surface area contributed by atoms with E-state index < -0.39 is 11.5 Å². The predicted molar refractivity (Wildman–Crippen MR) is 69.2 cm³/mol. The summed E-state index contributed by atoms with van der Waals surface area (Å²) in [6.07, 6.45) is 5.57. The van der Waals surface area contributed by atoms with Gasteiger partial charge in [0.25, 0.3) is 0 Å². The summed E-state index contributed by atoms with van der Waals surface area (Å²) >= 11 is 0. The summed E-state index contributed by atoms with van der Waals surface area (Å²) in [6, 6.07) is 3.64. The van der Waals surface area contributed by atoms with Crippen LogP contribution in [0.3, 0.4) is 0 Å². The molecule has 0 aliphatic carbocycles. The van der Waals surface area contributed by atoms with Crippen LogP contribution in [-0.4, -0.2) is 34.0 Å². The first-order chi connectivity index (χ1) is 8.55. The van der Waals surface area contributed by atoms with Crippen molar-refractivity contribution in [1.29, 1.82) is 0 Å². The minimum atomic E-state index is -0.969. The van der Waals surface area contributed by atoms with Gasteiger partial charge in [0.2, 0.25) is 0 Å². The summed E-state index contributed by atoms with van der Waals surface area (Å²) in [5, 5.41) is 9.66. The Labute approximate surface area is 108 Å². The van der Waals surface area contributed by atoms with Gasteiger partial charge in [0.1, 0.15) is 5.54 Å². The van der Waals surface area contributed by atoms with Crippen LogP contribution in [0.5, 0.6) is 0 Å². The van der Waals surface area contributed by atoms with Crippen molar-refractivity contribution in [3.63, 3.8) is 0 Å². The highest BCUT2D eigenvalue weighted by molar-refractivity contribution is 5.80. The van der Waals surface area contributed by atoms with E-state index in [4.69, 9.17) is 0 Å². The molecule has 1 aromatic rings. The summed E-state index contributed by atoms with van der Waals surface area (Å²) in [4.78, 5) is 17.9. The monoisotopic (exact) mass is 248 g/mol. The molecule has 0 spiro atoms. The number of carboxylic acids is 1. The van der Waals surface area contributed by atoms with Crippen LogP contribution < -0.4 is 0 Å². The quantitative estimate of drug-likeness (QED) is 0.890. The Morgan fingerprint density at radius 2 is 2.39 bits per heavy atom. The molecule has 18 heavy (non-hydrogen) atoms. The van der Waals surface area contributed by atoms with Gasteiger partial charge in [-0.25, -0.2) is 4.79 Å². The van der Waals surface area contributed by atoms with Gasteiger partial charge in [-0.15, -0.1) is 0 Å². The second kappa shape index (κ2) is 5.06. The molecule has 2 atom stereocenters. The van der Waals surface area contributed by atoms with Crippen LogP contribution in [-0.2, 0) is 10.3 Å². The van der Waals surface area contributed by atoms with Crippen LogP contribution in [0.25, 0.3) is 0 Å². The Hall–Kier alpha value is -1.42. The fraction of sp³-hybridized carbons (Fsp3) is 0.571. The van der Waals surface area contributed by atoms with Crippen LogP contribution in [0.2, 0.25) is 0 Å². The molecule has 0 bridgehead atoms. The minimum Gasteiger partial charge on any atom is -0.480 e. The lowest BCUT2D eigenvalue weighted by Gasteiger charge is -2.42. The Morgan fingerprint density at radius 3 is 2.94 bits per heavy atom. The van der Waals surface area contributed by atoms with Gasteiger partial charge >= 0.3 is 5.97 Å². The maximum absolute atomic E-state index is 11.8. The SMILES string of the molecule is CC1CCCN(C(C)(C(=O)O)c2cccnc2)C1. The second-order valence-electron chi connectivity index (χ2n) is 5.31. The minimum absolute atomic E-state index is 0.550. The summed E-state index contributed by atoms with van der Waals surface area (Å²) in [5.74, 6) is -0.251. The van der Waals surface area contributed by atoms with E-state index in [0.29, 0.717) is 5.92 Å². The summed E-state index contributed by atoms with van der Waals surface area (Å²) < 4.78 is 0. The third-order valence-corrected chi connectivity index (χ3v) is 3.93. The van der Waals surface area contributed by atoms with E-state index in [1.54, 1.807) is 25.4 Å². The molecular weight excluding hydrogens is 228 g/mol. The number of aromatic nitrogens is 1. The highest BCUT2D eigenvalue weighted by Crippen LogP contribution is 2.32. The topological polar surface area (TPSA) is 53.4 Å². The van der Waals surface area contributed by atoms with Gasteiger partial charge in [0.15, 0.2) is 0 Å². The lowest BCUT2D eigenvalue weighted by atomic mass is 9.87. The van der Waals surface area contributed by atoms with Crippen molar-refractivity contribution in [2.24, 2.45) is 5.92 Å². The van der Waals surface area contributed by atoms with Gasteiger partial charge in [0.05, 0.1) is 0 Å².